The third kappa shape index (κ3) is 4.29. The second kappa shape index (κ2) is 8.24. The Kier molecular flexibility index (Phi) is 5.27. The van der Waals surface area contributed by atoms with Gasteiger partial charge in [-0.1, -0.05) is 30.3 Å². The molecule has 0 aliphatic carbocycles. The predicted octanol–water partition coefficient (Wildman–Crippen LogP) is 5.95. The molecule has 1 aliphatic rings. The minimum Gasteiger partial charge on any atom is -0.339 e. The monoisotopic (exact) mass is 434 g/mol. The number of pyridine rings is 2. The third-order valence-electron chi connectivity index (χ3n) is 5.77. The Labute approximate surface area is 183 Å². The van der Waals surface area contributed by atoms with E-state index >= 15 is 0 Å². The van der Waals surface area contributed by atoms with Gasteiger partial charge in [0.2, 0.25) is 0 Å². The molecule has 0 amide bonds. The summed E-state index contributed by atoms with van der Waals surface area (Å²) < 4.78 is 38.4. The van der Waals surface area contributed by atoms with E-state index in [0.717, 1.165) is 59.6 Å². The lowest BCUT2D eigenvalue weighted by molar-refractivity contribution is -0.137. The van der Waals surface area contributed by atoms with Crippen molar-refractivity contribution in [3.05, 3.63) is 95.3 Å². The summed E-state index contributed by atoms with van der Waals surface area (Å²) in [6.07, 6.45) is 0.104. The van der Waals surface area contributed by atoms with Crippen LogP contribution in [0, 0.1) is 0 Å². The summed E-state index contributed by atoms with van der Waals surface area (Å²) in [6.45, 7) is 2.14. The lowest BCUT2D eigenvalue weighted by Crippen LogP contribution is -2.30. The molecule has 32 heavy (non-hydrogen) atoms. The molecule has 0 bridgehead atoms. The molecule has 3 heterocycles. The molecule has 4 aromatic rings. The first-order chi connectivity index (χ1) is 15.5. The molecule has 162 valence electrons. The normalized spacial score (nSPS) is 14.3. The van der Waals surface area contributed by atoms with Gasteiger partial charge in [-0.05, 0) is 47.9 Å². The maximum Gasteiger partial charge on any atom is 0.416 e. The van der Waals surface area contributed by atoms with Crippen molar-refractivity contribution < 1.29 is 13.2 Å². The van der Waals surface area contributed by atoms with Crippen molar-refractivity contribution >= 4 is 22.4 Å². The van der Waals surface area contributed by atoms with E-state index < -0.39 is 11.7 Å². The Bertz CT molecular complexity index is 1250. The van der Waals surface area contributed by atoms with Crippen LogP contribution in [0.3, 0.4) is 0 Å². The number of fused-ring (bicyclic) bond motifs is 2. The second-order valence-electron chi connectivity index (χ2n) is 7.99. The summed E-state index contributed by atoms with van der Waals surface area (Å²) in [5.41, 5.74) is 4.43. The minimum absolute atomic E-state index is 0.608. The number of hydrogen-bond acceptors (Lipinski definition) is 4. The molecule has 0 unspecified atom stereocenters. The van der Waals surface area contributed by atoms with E-state index in [-0.39, 0.29) is 0 Å². The van der Waals surface area contributed by atoms with Crippen molar-refractivity contribution in [1.29, 1.82) is 0 Å². The fourth-order valence-electron chi connectivity index (χ4n) is 4.13. The smallest absolute Gasteiger partial charge is 0.339 e. The lowest BCUT2D eigenvalue weighted by atomic mass is 10.00. The van der Waals surface area contributed by atoms with Crippen LogP contribution in [-0.2, 0) is 25.7 Å². The number of anilines is 2. The summed E-state index contributed by atoms with van der Waals surface area (Å²) in [5, 5.41) is 4.47. The summed E-state index contributed by atoms with van der Waals surface area (Å²) in [5.74, 6) is 0.828. The molecule has 0 fully saturated rings. The standard InChI is InChI=1S/C25H21F3N4/c26-25(27,28)20-7-5-17(6-8-20)15-32-12-10-22-19(16-32)9-11-29-24(22)31-21-13-18-3-1-2-4-23(18)30-14-21/h1-9,11,13-14H,10,12,15-16H2,(H,29,31). The quantitative estimate of drug-likeness (QED) is 0.431. The summed E-state index contributed by atoms with van der Waals surface area (Å²) in [7, 11) is 0. The molecule has 2 aromatic heterocycles. The highest BCUT2D eigenvalue weighted by Crippen LogP contribution is 2.31. The fraction of sp³-hybridized carbons (Fsp3) is 0.200. The van der Waals surface area contributed by atoms with E-state index in [1.54, 1.807) is 18.3 Å². The molecule has 5 rings (SSSR count). The molecule has 0 saturated carbocycles. The van der Waals surface area contributed by atoms with Crippen LogP contribution < -0.4 is 5.32 Å². The lowest BCUT2D eigenvalue weighted by Gasteiger charge is -2.30. The first kappa shape index (κ1) is 20.5. The van der Waals surface area contributed by atoms with Crippen molar-refractivity contribution in [3.8, 4) is 0 Å². The van der Waals surface area contributed by atoms with Crippen LogP contribution in [0.2, 0.25) is 0 Å². The largest absolute Gasteiger partial charge is 0.416 e. The highest BCUT2D eigenvalue weighted by Gasteiger charge is 2.30. The van der Waals surface area contributed by atoms with Gasteiger partial charge < -0.3 is 5.32 Å². The van der Waals surface area contributed by atoms with E-state index in [2.05, 4.69) is 26.3 Å². The Balaban J connectivity index is 1.31. The number of alkyl halides is 3. The van der Waals surface area contributed by atoms with Crippen LogP contribution in [-0.4, -0.2) is 21.4 Å². The van der Waals surface area contributed by atoms with Crippen LogP contribution in [0.25, 0.3) is 10.9 Å². The van der Waals surface area contributed by atoms with Crippen molar-refractivity contribution in [2.45, 2.75) is 25.7 Å². The second-order valence-corrected chi connectivity index (χ2v) is 7.99. The van der Waals surface area contributed by atoms with Crippen molar-refractivity contribution in [1.82, 2.24) is 14.9 Å². The molecule has 1 aliphatic heterocycles. The molecule has 7 heteroatoms. The Morgan fingerprint density at radius 3 is 2.59 bits per heavy atom. The predicted molar refractivity (Wildman–Crippen MR) is 119 cm³/mol. The molecule has 0 saturated heterocycles. The number of rotatable bonds is 4. The average Bonchev–Trinajstić information content (AvgIpc) is 2.79. The first-order valence-corrected chi connectivity index (χ1v) is 10.4. The van der Waals surface area contributed by atoms with E-state index in [9.17, 15) is 13.2 Å². The molecule has 1 N–H and O–H groups in total. The Morgan fingerprint density at radius 2 is 1.78 bits per heavy atom. The summed E-state index contributed by atoms with van der Waals surface area (Å²) in [4.78, 5) is 11.3. The molecule has 0 atom stereocenters. The number of halogens is 3. The number of para-hydroxylation sites is 1. The number of nitrogens with zero attached hydrogens (tertiary/aromatic N) is 3. The topological polar surface area (TPSA) is 41.1 Å². The summed E-state index contributed by atoms with van der Waals surface area (Å²) >= 11 is 0. The van der Waals surface area contributed by atoms with Gasteiger partial charge >= 0.3 is 6.18 Å². The fourth-order valence-corrected chi connectivity index (χ4v) is 4.13. The van der Waals surface area contributed by atoms with Crippen LogP contribution >= 0.6 is 0 Å². The van der Waals surface area contributed by atoms with Gasteiger partial charge in [-0.25, -0.2) is 4.98 Å². The van der Waals surface area contributed by atoms with Gasteiger partial charge in [0.05, 0.1) is 23.0 Å². The van der Waals surface area contributed by atoms with Gasteiger partial charge in [0.15, 0.2) is 0 Å². The van der Waals surface area contributed by atoms with Crippen LogP contribution in [0.5, 0.6) is 0 Å². The molecular formula is C25H21F3N4. The zero-order valence-electron chi connectivity index (χ0n) is 17.2. The van der Waals surface area contributed by atoms with Crippen LogP contribution in [0.15, 0.2) is 73.1 Å². The third-order valence-corrected chi connectivity index (χ3v) is 5.77. The number of benzene rings is 2. The maximum atomic E-state index is 12.8. The van der Waals surface area contributed by atoms with Gasteiger partial charge in [-0.15, -0.1) is 0 Å². The minimum atomic E-state index is -4.31. The summed E-state index contributed by atoms with van der Waals surface area (Å²) in [6, 6.07) is 17.5. The number of aromatic nitrogens is 2. The van der Waals surface area contributed by atoms with Crippen LogP contribution in [0.1, 0.15) is 22.3 Å². The van der Waals surface area contributed by atoms with E-state index in [0.29, 0.717) is 6.54 Å². The average molecular weight is 434 g/mol. The van der Waals surface area contributed by atoms with Crippen LogP contribution in [0.4, 0.5) is 24.7 Å². The van der Waals surface area contributed by atoms with Crippen molar-refractivity contribution in [2.24, 2.45) is 0 Å². The van der Waals surface area contributed by atoms with E-state index in [1.165, 1.54) is 11.1 Å². The molecule has 2 aromatic carbocycles. The van der Waals surface area contributed by atoms with E-state index in [1.807, 2.05) is 36.5 Å². The van der Waals surface area contributed by atoms with Gasteiger partial charge in [0.1, 0.15) is 5.82 Å². The number of nitrogens with one attached hydrogen (secondary N) is 1. The van der Waals surface area contributed by atoms with E-state index in [4.69, 9.17) is 0 Å². The van der Waals surface area contributed by atoms with Gasteiger partial charge in [0.25, 0.3) is 0 Å². The number of hydrogen-bond donors (Lipinski definition) is 1. The Hall–Kier alpha value is -3.45. The highest BCUT2D eigenvalue weighted by molar-refractivity contribution is 5.82. The molecule has 4 nitrogen and oxygen atoms in total. The molecular weight excluding hydrogens is 413 g/mol. The zero-order valence-corrected chi connectivity index (χ0v) is 17.2. The van der Waals surface area contributed by atoms with Crippen molar-refractivity contribution in [2.75, 3.05) is 11.9 Å². The zero-order chi connectivity index (χ0) is 22.1. The van der Waals surface area contributed by atoms with Gasteiger partial charge in [-0.2, -0.15) is 13.2 Å². The Morgan fingerprint density at radius 1 is 0.969 bits per heavy atom. The molecule has 0 radical (unpaired) electrons. The maximum absolute atomic E-state index is 12.8. The molecule has 0 spiro atoms. The highest BCUT2D eigenvalue weighted by atomic mass is 19.4. The SMILES string of the molecule is FC(F)(F)c1ccc(CN2CCc3c(ccnc3Nc3cnc4ccccc4c3)C2)cc1. The first-order valence-electron chi connectivity index (χ1n) is 10.4. The van der Waals surface area contributed by atoms with Gasteiger partial charge in [0, 0.05) is 36.8 Å². The van der Waals surface area contributed by atoms with Crippen molar-refractivity contribution in [3.63, 3.8) is 0 Å². The van der Waals surface area contributed by atoms with Gasteiger partial charge in [-0.3, -0.25) is 9.88 Å².